The predicted octanol–water partition coefficient (Wildman–Crippen LogP) is 2.80. The van der Waals surface area contributed by atoms with Crippen molar-refractivity contribution in [2.75, 3.05) is 49.6 Å². The molecule has 2 aliphatic heterocycles. The van der Waals surface area contributed by atoms with Crippen molar-refractivity contribution >= 4 is 23.2 Å². The van der Waals surface area contributed by atoms with E-state index in [0.717, 1.165) is 56.8 Å². The number of aromatic nitrogens is 1. The van der Waals surface area contributed by atoms with E-state index in [9.17, 15) is 9.59 Å². The normalized spacial score (nSPS) is 17.1. The molecule has 4 rings (SSSR count). The molecule has 1 aromatic heterocycles. The number of nitrogens with one attached hydrogen (secondary N) is 1. The summed E-state index contributed by atoms with van der Waals surface area (Å²) in [5.74, 6) is -0.353. The summed E-state index contributed by atoms with van der Waals surface area (Å²) < 4.78 is 5.43. The van der Waals surface area contributed by atoms with Crippen molar-refractivity contribution in [1.82, 2.24) is 9.88 Å². The molecule has 2 aromatic rings. The van der Waals surface area contributed by atoms with Crippen molar-refractivity contribution in [3.8, 4) is 0 Å². The van der Waals surface area contributed by atoms with E-state index >= 15 is 0 Å². The number of morpholine rings is 1. The van der Waals surface area contributed by atoms with Gasteiger partial charge in [-0.1, -0.05) is 12.1 Å². The molecule has 0 atom stereocenters. The number of carbonyl (C=O) groups is 2. The second kappa shape index (κ2) is 9.05. The smallest absolute Gasteiger partial charge is 0.272 e. The molecular formula is C22H26N4O3. The number of hydrogen-bond donors (Lipinski definition) is 1. The molecule has 0 unspecified atom stereocenters. The number of rotatable bonds is 4. The number of pyridine rings is 1. The Bertz CT molecular complexity index is 874. The van der Waals surface area contributed by atoms with Gasteiger partial charge in [-0.25, -0.2) is 0 Å². The van der Waals surface area contributed by atoms with E-state index in [1.165, 1.54) is 6.20 Å². The van der Waals surface area contributed by atoms with Gasteiger partial charge in [-0.05, 0) is 43.5 Å². The first kappa shape index (κ1) is 19.4. The number of ether oxygens (including phenoxy) is 1. The fourth-order valence-electron chi connectivity index (χ4n) is 3.80. The van der Waals surface area contributed by atoms with Crippen molar-refractivity contribution in [2.45, 2.75) is 19.3 Å². The maximum atomic E-state index is 12.9. The van der Waals surface area contributed by atoms with Gasteiger partial charge in [0, 0.05) is 37.9 Å². The van der Waals surface area contributed by atoms with Crippen molar-refractivity contribution in [3.05, 3.63) is 53.9 Å². The summed E-state index contributed by atoms with van der Waals surface area (Å²) in [6.07, 6.45) is 4.72. The molecule has 0 spiro atoms. The molecule has 7 nitrogen and oxygen atoms in total. The molecule has 2 amide bonds. The van der Waals surface area contributed by atoms with Crippen LogP contribution in [0.5, 0.6) is 0 Å². The van der Waals surface area contributed by atoms with E-state index in [1.807, 2.05) is 29.2 Å². The van der Waals surface area contributed by atoms with Gasteiger partial charge in [0.25, 0.3) is 11.8 Å². The Morgan fingerprint density at radius 2 is 1.72 bits per heavy atom. The zero-order valence-electron chi connectivity index (χ0n) is 16.5. The van der Waals surface area contributed by atoms with Crippen LogP contribution in [0.3, 0.4) is 0 Å². The lowest BCUT2D eigenvalue weighted by Gasteiger charge is -2.30. The van der Waals surface area contributed by atoms with Crippen LogP contribution < -0.4 is 10.2 Å². The molecular weight excluding hydrogens is 368 g/mol. The van der Waals surface area contributed by atoms with Crippen LogP contribution in [-0.4, -0.2) is 61.1 Å². The Hall–Kier alpha value is -2.93. The lowest BCUT2D eigenvalue weighted by molar-refractivity contribution is 0.0718. The third kappa shape index (κ3) is 4.56. The monoisotopic (exact) mass is 394 g/mol. The van der Waals surface area contributed by atoms with E-state index in [0.29, 0.717) is 24.5 Å². The molecule has 2 saturated heterocycles. The number of para-hydroxylation sites is 2. The van der Waals surface area contributed by atoms with Crippen LogP contribution in [0, 0.1) is 0 Å². The third-order valence-corrected chi connectivity index (χ3v) is 5.39. The molecule has 2 fully saturated rings. The van der Waals surface area contributed by atoms with E-state index in [2.05, 4.69) is 15.2 Å². The Morgan fingerprint density at radius 1 is 0.966 bits per heavy atom. The van der Waals surface area contributed by atoms with Gasteiger partial charge in [0.1, 0.15) is 5.69 Å². The molecule has 2 aliphatic rings. The van der Waals surface area contributed by atoms with Crippen LogP contribution in [0.4, 0.5) is 11.4 Å². The van der Waals surface area contributed by atoms with E-state index < -0.39 is 0 Å². The second-order valence-corrected chi connectivity index (χ2v) is 7.35. The number of nitrogens with zero attached hydrogens (tertiary/aromatic N) is 3. The number of piperidine rings is 1. The lowest BCUT2D eigenvalue weighted by Crippen LogP contribution is -2.36. The van der Waals surface area contributed by atoms with Crippen LogP contribution in [0.2, 0.25) is 0 Å². The maximum absolute atomic E-state index is 12.9. The number of amides is 2. The molecule has 3 heterocycles. The van der Waals surface area contributed by atoms with Gasteiger partial charge >= 0.3 is 0 Å². The van der Waals surface area contributed by atoms with E-state index in [4.69, 9.17) is 4.74 Å². The molecule has 0 aliphatic carbocycles. The van der Waals surface area contributed by atoms with Gasteiger partial charge in [-0.2, -0.15) is 0 Å². The van der Waals surface area contributed by atoms with Crippen molar-refractivity contribution in [3.63, 3.8) is 0 Å². The average molecular weight is 394 g/mol. The molecule has 29 heavy (non-hydrogen) atoms. The number of benzene rings is 1. The van der Waals surface area contributed by atoms with Gasteiger partial charge < -0.3 is 19.9 Å². The van der Waals surface area contributed by atoms with Crippen LogP contribution in [0.25, 0.3) is 0 Å². The minimum Gasteiger partial charge on any atom is -0.378 e. The largest absolute Gasteiger partial charge is 0.378 e. The first-order valence-electron chi connectivity index (χ1n) is 10.2. The second-order valence-electron chi connectivity index (χ2n) is 7.35. The Labute approximate surface area is 170 Å². The Morgan fingerprint density at radius 3 is 2.52 bits per heavy atom. The standard InChI is InChI=1S/C22H26N4O3/c27-21(24-18-6-2-3-7-20(18)25-12-14-29-15-13-25)17-8-9-23-19(16-17)22(28)26-10-4-1-5-11-26/h2-3,6-9,16H,1,4-5,10-15H2,(H,24,27). The molecule has 0 bridgehead atoms. The van der Waals surface area contributed by atoms with E-state index in [-0.39, 0.29) is 11.8 Å². The summed E-state index contributed by atoms with van der Waals surface area (Å²) in [4.78, 5) is 33.8. The zero-order valence-corrected chi connectivity index (χ0v) is 16.5. The lowest BCUT2D eigenvalue weighted by atomic mass is 10.1. The topological polar surface area (TPSA) is 74.8 Å². The highest BCUT2D eigenvalue weighted by molar-refractivity contribution is 6.07. The number of hydrogen-bond acceptors (Lipinski definition) is 5. The fourth-order valence-corrected chi connectivity index (χ4v) is 3.80. The summed E-state index contributed by atoms with van der Waals surface area (Å²) in [7, 11) is 0. The molecule has 0 saturated carbocycles. The molecule has 0 radical (unpaired) electrons. The van der Waals surface area contributed by atoms with Crippen LogP contribution >= 0.6 is 0 Å². The number of anilines is 2. The van der Waals surface area contributed by atoms with E-state index in [1.54, 1.807) is 12.1 Å². The van der Waals surface area contributed by atoms with Crippen molar-refractivity contribution in [2.24, 2.45) is 0 Å². The highest BCUT2D eigenvalue weighted by Crippen LogP contribution is 2.27. The quantitative estimate of drug-likeness (QED) is 0.863. The first-order chi connectivity index (χ1) is 14.2. The summed E-state index contributed by atoms with van der Waals surface area (Å²) >= 11 is 0. The highest BCUT2D eigenvalue weighted by Gasteiger charge is 2.21. The zero-order chi connectivity index (χ0) is 20.1. The summed E-state index contributed by atoms with van der Waals surface area (Å²) in [6, 6.07) is 11.0. The van der Waals surface area contributed by atoms with Crippen molar-refractivity contribution < 1.29 is 14.3 Å². The third-order valence-electron chi connectivity index (χ3n) is 5.39. The summed E-state index contributed by atoms with van der Waals surface area (Å²) in [5, 5.41) is 3.00. The Balaban J connectivity index is 1.50. The SMILES string of the molecule is O=C(Nc1ccccc1N1CCOCC1)c1ccnc(C(=O)N2CCCCC2)c1. The van der Waals surface area contributed by atoms with Crippen LogP contribution in [0.15, 0.2) is 42.6 Å². The van der Waals surface area contributed by atoms with Crippen molar-refractivity contribution in [1.29, 1.82) is 0 Å². The fraction of sp³-hybridized carbons (Fsp3) is 0.409. The minimum absolute atomic E-state index is 0.104. The molecule has 1 N–H and O–H groups in total. The van der Waals surface area contributed by atoms with Gasteiger partial charge in [-0.3, -0.25) is 14.6 Å². The van der Waals surface area contributed by atoms with Gasteiger partial charge in [0.15, 0.2) is 0 Å². The number of carbonyl (C=O) groups excluding carboxylic acids is 2. The van der Waals surface area contributed by atoms with Gasteiger partial charge in [0.2, 0.25) is 0 Å². The number of likely N-dealkylation sites (tertiary alicyclic amines) is 1. The van der Waals surface area contributed by atoms with Gasteiger partial charge in [-0.15, -0.1) is 0 Å². The van der Waals surface area contributed by atoms with Crippen LogP contribution in [-0.2, 0) is 4.74 Å². The average Bonchev–Trinajstić information content (AvgIpc) is 2.80. The van der Waals surface area contributed by atoms with Gasteiger partial charge in [0.05, 0.1) is 24.6 Å². The highest BCUT2D eigenvalue weighted by atomic mass is 16.5. The molecule has 152 valence electrons. The predicted molar refractivity (Wildman–Crippen MR) is 111 cm³/mol. The summed E-state index contributed by atoms with van der Waals surface area (Å²) in [6.45, 7) is 4.43. The first-order valence-corrected chi connectivity index (χ1v) is 10.2. The molecule has 7 heteroatoms. The molecule has 1 aromatic carbocycles. The maximum Gasteiger partial charge on any atom is 0.272 e. The Kier molecular flexibility index (Phi) is 6.05. The summed E-state index contributed by atoms with van der Waals surface area (Å²) in [5.41, 5.74) is 2.47. The minimum atomic E-state index is -0.249. The van der Waals surface area contributed by atoms with Crippen LogP contribution in [0.1, 0.15) is 40.1 Å².